The van der Waals surface area contributed by atoms with Gasteiger partial charge in [0, 0.05) is 25.6 Å². The Balaban J connectivity index is 1.28. The van der Waals surface area contributed by atoms with Crippen LogP contribution in [0.25, 0.3) is 6.08 Å². The first kappa shape index (κ1) is 18.9. The number of carbonyl (C=O) groups excluding carboxylic acids is 1. The summed E-state index contributed by atoms with van der Waals surface area (Å²) in [7, 11) is 0. The molecule has 2 heterocycles. The molecular formula is C25H30N2O. The van der Waals surface area contributed by atoms with Gasteiger partial charge in [-0.15, -0.1) is 0 Å². The van der Waals surface area contributed by atoms with Gasteiger partial charge in [-0.25, -0.2) is 0 Å². The average molecular weight is 375 g/mol. The molecule has 3 heteroatoms. The number of carbonyl (C=O) groups is 1. The van der Waals surface area contributed by atoms with Gasteiger partial charge in [0.1, 0.15) is 0 Å². The number of hydrogen-bond acceptors (Lipinski definition) is 2. The van der Waals surface area contributed by atoms with Crippen molar-refractivity contribution in [2.45, 2.75) is 32.7 Å². The second kappa shape index (κ2) is 8.74. The number of rotatable bonds is 4. The second-order valence-electron chi connectivity index (χ2n) is 8.23. The normalized spacial score (nSPS) is 18.8. The first-order chi connectivity index (χ1) is 13.7. The smallest absolute Gasteiger partial charge is 0.226 e. The summed E-state index contributed by atoms with van der Waals surface area (Å²) in [4.78, 5) is 17.6. The van der Waals surface area contributed by atoms with E-state index in [0.29, 0.717) is 5.91 Å². The third kappa shape index (κ3) is 4.53. The van der Waals surface area contributed by atoms with E-state index >= 15 is 0 Å². The quantitative estimate of drug-likeness (QED) is 0.793. The summed E-state index contributed by atoms with van der Waals surface area (Å²) in [5.74, 6) is 0.561. The molecule has 2 aromatic carbocycles. The monoisotopic (exact) mass is 374 g/mol. The minimum absolute atomic E-state index is 0.194. The van der Waals surface area contributed by atoms with Crippen molar-refractivity contribution >= 4 is 12.0 Å². The maximum atomic E-state index is 13.0. The molecule has 2 aliphatic rings. The van der Waals surface area contributed by atoms with Gasteiger partial charge in [0.05, 0.1) is 0 Å². The lowest BCUT2D eigenvalue weighted by Crippen LogP contribution is -2.44. The molecule has 0 radical (unpaired) electrons. The molecule has 28 heavy (non-hydrogen) atoms. The van der Waals surface area contributed by atoms with E-state index in [1.165, 1.54) is 22.3 Å². The van der Waals surface area contributed by atoms with Crippen molar-refractivity contribution in [3.8, 4) is 0 Å². The van der Waals surface area contributed by atoms with E-state index in [9.17, 15) is 4.79 Å². The first-order valence-corrected chi connectivity index (χ1v) is 10.5. The van der Waals surface area contributed by atoms with Crippen LogP contribution >= 0.6 is 0 Å². The molecule has 1 saturated heterocycles. The summed E-state index contributed by atoms with van der Waals surface area (Å²) >= 11 is 0. The zero-order valence-electron chi connectivity index (χ0n) is 16.8. The molecule has 0 atom stereocenters. The van der Waals surface area contributed by atoms with Crippen LogP contribution in [0.1, 0.15) is 36.5 Å². The Morgan fingerprint density at radius 1 is 0.964 bits per heavy atom. The van der Waals surface area contributed by atoms with Crippen LogP contribution in [0.3, 0.4) is 0 Å². The highest BCUT2D eigenvalue weighted by atomic mass is 16.2. The topological polar surface area (TPSA) is 23.6 Å². The van der Waals surface area contributed by atoms with Gasteiger partial charge in [0.2, 0.25) is 5.91 Å². The third-order valence-corrected chi connectivity index (χ3v) is 6.06. The van der Waals surface area contributed by atoms with E-state index in [2.05, 4.69) is 77.4 Å². The Hall–Kier alpha value is -2.39. The van der Waals surface area contributed by atoms with Crippen LogP contribution in [0.4, 0.5) is 0 Å². The van der Waals surface area contributed by atoms with E-state index in [1.54, 1.807) is 0 Å². The molecule has 0 bridgehead atoms. The lowest BCUT2D eigenvalue weighted by atomic mass is 9.93. The summed E-state index contributed by atoms with van der Waals surface area (Å²) < 4.78 is 0. The van der Waals surface area contributed by atoms with Crippen LogP contribution in [-0.2, 0) is 17.8 Å². The number of fused-ring (bicyclic) bond motifs is 1. The van der Waals surface area contributed by atoms with Crippen molar-refractivity contribution in [1.29, 1.82) is 0 Å². The number of amides is 1. The van der Waals surface area contributed by atoms with Gasteiger partial charge in [-0.05, 0) is 56.0 Å². The van der Waals surface area contributed by atoms with E-state index in [4.69, 9.17) is 0 Å². The number of nitrogens with zero attached hydrogens (tertiary/aromatic N) is 2. The molecule has 4 rings (SSSR count). The highest BCUT2D eigenvalue weighted by molar-refractivity contribution is 5.79. The molecule has 2 aromatic rings. The molecule has 0 unspecified atom stereocenters. The molecule has 0 N–H and O–H groups in total. The molecule has 3 nitrogen and oxygen atoms in total. The number of benzene rings is 2. The Morgan fingerprint density at radius 2 is 1.64 bits per heavy atom. The zero-order chi connectivity index (χ0) is 19.3. The van der Waals surface area contributed by atoms with Crippen LogP contribution < -0.4 is 0 Å². The summed E-state index contributed by atoms with van der Waals surface area (Å²) in [6, 6.07) is 19.0. The molecule has 0 aliphatic carbocycles. The van der Waals surface area contributed by atoms with E-state index < -0.39 is 0 Å². The van der Waals surface area contributed by atoms with E-state index in [-0.39, 0.29) is 5.92 Å². The molecule has 1 amide bonds. The van der Waals surface area contributed by atoms with Crippen molar-refractivity contribution in [2.75, 3.05) is 26.2 Å². The predicted molar refractivity (Wildman–Crippen MR) is 115 cm³/mol. The van der Waals surface area contributed by atoms with E-state index in [1.807, 2.05) is 0 Å². The molecule has 0 spiro atoms. The third-order valence-electron chi connectivity index (χ3n) is 6.06. The fraction of sp³-hybridized carbons (Fsp3) is 0.400. The summed E-state index contributed by atoms with van der Waals surface area (Å²) in [5.41, 5.74) is 5.36. The van der Waals surface area contributed by atoms with Gasteiger partial charge in [-0.3, -0.25) is 9.69 Å². The zero-order valence-corrected chi connectivity index (χ0v) is 16.8. The van der Waals surface area contributed by atoms with Crippen molar-refractivity contribution in [3.63, 3.8) is 0 Å². The maximum Gasteiger partial charge on any atom is 0.226 e. The maximum absolute atomic E-state index is 13.0. The minimum Gasteiger partial charge on any atom is -0.338 e. The van der Waals surface area contributed by atoms with E-state index in [0.717, 1.165) is 52.0 Å². The van der Waals surface area contributed by atoms with Crippen LogP contribution in [0, 0.1) is 5.92 Å². The number of hydrogen-bond donors (Lipinski definition) is 0. The van der Waals surface area contributed by atoms with Gasteiger partial charge in [-0.2, -0.15) is 0 Å². The average Bonchev–Trinajstić information content (AvgIpc) is 2.74. The molecule has 0 saturated carbocycles. The highest BCUT2D eigenvalue weighted by Gasteiger charge is 2.30. The standard InChI is InChI=1S/C25H30N2O/c1-20(17-21-7-3-2-4-8-21)18-26-14-11-23(12-15-26)25(28)27-16-13-22-9-5-6-10-24(22)19-27/h2-10,17,23H,11-16,18-19H2,1H3/b20-17+. The summed E-state index contributed by atoms with van der Waals surface area (Å²) in [6.45, 7) is 6.88. The lowest BCUT2D eigenvalue weighted by Gasteiger charge is -2.36. The number of likely N-dealkylation sites (tertiary alicyclic amines) is 1. The Bertz CT molecular complexity index is 835. The molecule has 2 aliphatic heterocycles. The number of piperidine rings is 1. The van der Waals surface area contributed by atoms with Gasteiger partial charge < -0.3 is 4.90 Å². The van der Waals surface area contributed by atoms with Crippen LogP contribution in [0.5, 0.6) is 0 Å². The Labute approximate surface area is 168 Å². The molecule has 0 aromatic heterocycles. The summed E-state index contributed by atoms with van der Waals surface area (Å²) in [5, 5.41) is 0. The minimum atomic E-state index is 0.194. The van der Waals surface area contributed by atoms with Crippen LogP contribution in [-0.4, -0.2) is 41.9 Å². The SMILES string of the molecule is C/C(=C\c1ccccc1)CN1CCC(C(=O)N2CCc3ccccc3C2)CC1. The van der Waals surface area contributed by atoms with Crippen molar-refractivity contribution < 1.29 is 4.79 Å². The van der Waals surface area contributed by atoms with Crippen LogP contribution in [0.15, 0.2) is 60.2 Å². The van der Waals surface area contributed by atoms with Gasteiger partial charge in [0.25, 0.3) is 0 Å². The molecule has 146 valence electrons. The molecule has 1 fully saturated rings. The van der Waals surface area contributed by atoms with Crippen LogP contribution in [0.2, 0.25) is 0 Å². The Morgan fingerprint density at radius 3 is 2.39 bits per heavy atom. The predicted octanol–water partition coefficient (Wildman–Crippen LogP) is 4.39. The van der Waals surface area contributed by atoms with Crippen molar-refractivity contribution in [1.82, 2.24) is 9.80 Å². The fourth-order valence-electron chi connectivity index (χ4n) is 4.51. The van der Waals surface area contributed by atoms with Crippen molar-refractivity contribution in [3.05, 3.63) is 76.9 Å². The Kier molecular flexibility index (Phi) is 5.92. The largest absolute Gasteiger partial charge is 0.338 e. The summed E-state index contributed by atoms with van der Waals surface area (Å²) in [6.07, 6.45) is 5.22. The van der Waals surface area contributed by atoms with Crippen molar-refractivity contribution in [2.24, 2.45) is 5.92 Å². The van der Waals surface area contributed by atoms with Gasteiger partial charge in [-0.1, -0.05) is 66.2 Å². The lowest BCUT2D eigenvalue weighted by molar-refractivity contribution is -0.138. The van der Waals surface area contributed by atoms with Gasteiger partial charge in [0.15, 0.2) is 0 Å². The fourth-order valence-corrected chi connectivity index (χ4v) is 4.51. The highest BCUT2D eigenvalue weighted by Crippen LogP contribution is 2.25. The first-order valence-electron chi connectivity index (χ1n) is 10.5. The van der Waals surface area contributed by atoms with Gasteiger partial charge >= 0.3 is 0 Å². The molecular weight excluding hydrogens is 344 g/mol. The second-order valence-corrected chi connectivity index (χ2v) is 8.23.